The van der Waals surface area contributed by atoms with E-state index in [9.17, 15) is 9.59 Å². The van der Waals surface area contributed by atoms with Gasteiger partial charge in [0.15, 0.2) is 0 Å². The molecule has 0 radical (unpaired) electrons. The highest BCUT2D eigenvalue weighted by Crippen LogP contribution is 2.24. The molecule has 1 fully saturated rings. The number of hydrogen-bond donors (Lipinski definition) is 1. The van der Waals surface area contributed by atoms with Crippen LogP contribution in [0, 0.1) is 6.92 Å². The van der Waals surface area contributed by atoms with E-state index in [0.29, 0.717) is 31.1 Å². The molecular formula is C27H32N6O5. The summed E-state index contributed by atoms with van der Waals surface area (Å²) >= 11 is 0. The van der Waals surface area contributed by atoms with Gasteiger partial charge in [0.2, 0.25) is 17.6 Å². The predicted molar refractivity (Wildman–Crippen MR) is 141 cm³/mol. The number of rotatable bonds is 9. The molecule has 1 aliphatic heterocycles. The number of aromatic nitrogens is 3. The summed E-state index contributed by atoms with van der Waals surface area (Å²) in [5, 5.41) is 2.76. The van der Waals surface area contributed by atoms with Crippen LogP contribution in [-0.2, 0) is 4.74 Å². The van der Waals surface area contributed by atoms with Crippen molar-refractivity contribution in [2.24, 2.45) is 0 Å². The fraction of sp³-hybridized carbons (Fsp3) is 0.370. The molecule has 4 rings (SSSR count). The Labute approximate surface area is 221 Å². The Balaban J connectivity index is 1.51. The average Bonchev–Trinajstić information content (AvgIpc) is 2.90. The van der Waals surface area contributed by atoms with E-state index in [1.807, 2.05) is 31.9 Å². The summed E-state index contributed by atoms with van der Waals surface area (Å²) in [7, 11) is 3.61. The zero-order chi connectivity index (χ0) is 27.1. The fourth-order valence-corrected chi connectivity index (χ4v) is 3.80. The third kappa shape index (κ3) is 7.24. The van der Waals surface area contributed by atoms with E-state index in [-0.39, 0.29) is 35.2 Å². The Morgan fingerprint density at radius 2 is 1.74 bits per heavy atom. The van der Waals surface area contributed by atoms with Crippen LogP contribution in [-0.4, -0.2) is 89.6 Å². The Morgan fingerprint density at radius 3 is 2.39 bits per heavy atom. The van der Waals surface area contributed by atoms with Gasteiger partial charge in [-0.05, 0) is 38.6 Å². The fourth-order valence-electron chi connectivity index (χ4n) is 3.80. The molecule has 0 bridgehead atoms. The maximum Gasteiger partial charge on any atom is 0.257 e. The van der Waals surface area contributed by atoms with Crippen molar-refractivity contribution in [1.82, 2.24) is 24.8 Å². The summed E-state index contributed by atoms with van der Waals surface area (Å²) in [5.41, 5.74) is 1.72. The molecule has 3 aromatic rings. The van der Waals surface area contributed by atoms with Gasteiger partial charge in [-0.25, -0.2) is 9.97 Å². The third-order valence-electron chi connectivity index (χ3n) is 5.90. The summed E-state index contributed by atoms with van der Waals surface area (Å²) < 4.78 is 16.8. The second-order valence-corrected chi connectivity index (χ2v) is 9.17. The molecule has 2 amide bonds. The Bertz CT molecular complexity index is 1240. The number of nitrogens with one attached hydrogen (secondary N) is 1. The van der Waals surface area contributed by atoms with Gasteiger partial charge >= 0.3 is 0 Å². The molecule has 0 aromatic carbocycles. The second-order valence-electron chi connectivity index (χ2n) is 9.17. The van der Waals surface area contributed by atoms with Crippen LogP contribution in [0.3, 0.4) is 0 Å². The third-order valence-corrected chi connectivity index (χ3v) is 5.90. The highest BCUT2D eigenvalue weighted by Gasteiger charge is 2.21. The van der Waals surface area contributed by atoms with E-state index in [1.165, 1.54) is 18.3 Å². The van der Waals surface area contributed by atoms with Gasteiger partial charge < -0.3 is 29.3 Å². The Hall–Kier alpha value is -4.09. The van der Waals surface area contributed by atoms with E-state index in [2.05, 4.69) is 25.2 Å². The number of carbonyl (C=O) groups excluding carboxylic acids is 2. The summed E-state index contributed by atoms with van der Waals surface area (Å²) in [5.74, 6) is 0.467. The van der Waals surface area contributed by atoms with Gasteiger partial charge in [-0.2, -0.15) is 4.98 Å². The van der Waals surface area contributed by atoms with E-state index in [4.69, 9.17) is 14.2 Å². The van der Waals surface area contributed by atoms with Gasteiger partial charge in [0.25, 0.3) is 11.8 Å². The number of hydrogen-bond acceptors (Lipinski definition) is 9. The van der Waals surface area contributed by atoms with Crippen LogP contribution in [0.1, 0.15) is 33.2 Å². The van der Waals surface area contributed by atoms with Crippen molar-refractivity contribution in [3.63, 3.8) is 0 Å². The smallest absolute Gasteiger partial charge is 0.257 e. The molecule has 11 nitrogen and oxygen atoms in total. The topological polar surface area (TPSA) is 119 Å². The number of methoxy groups -OCH3 is 1. The van der Waals surface area contributed by atoms with Crippen LogP contribution in [0.25, 0.3) is 0 Å². The van der Waals surface area contributed by atoms with Crippen LogP contribution in [0.4, 0.5) is 5.82 Å². The van der Waals surface area contributed by atoms with Gasteiger partial charge in [-0.15, -0.1) is 0 Å². The zero-order valence-electron chi connectivity index (χ0n) is 22.0. The number of aryl methyl sites for hydroxylation is 1. The lowest BCUT2D eigenvalue weighted by atomic mass is 10.2. The molecule has 0 saturated carbocycles. The first kappa shape index (κ1) is 27.0. The molecule has 0 unspecified atom stereocenters. The molecule has 1 atom stereocenters. The number of carbonyl (C=O) groups is 2. The first-order valence-electron chi connectivity index (χ1n) is 12.3. The lowest BCUT2D eigenvalue weighted by Crippen LogP contribution is -2.47. The van der Waals surface area contributed by atoms with Crippen molar-refractivity contribution in [1.29, 1.82) is 0 Å². The van der Waals surface area contributed by atoms with Gasteiger partial charge in [-0.3, -0.25) is 9.59 Å². The minimum atomic E-state index is -0.404. The maximum atomic E-state index is 13.0. The summed E-state index contributed by atoms with van der Waals surface area (Å²) in [6, 6.07) is 9.85. The van der Waals surface area contributed by atoms with Crippen LogP contribution in [0.15, 0.2) is 48.8 Å². The van der Waals surface area contributed by atoms with E-state index < -0.39 is 5.91 Å². The highest BCUT2D eigenvalue weighted by molar-refractivity contribution is 6.04. The van der Waals surface area contributed by atoms with Gasteiger partial charge in [0.05, 0.1) is 17.7 Å². The Kier molecular flexibility index (Phi) is 8.82. The molecule has 0 spiro atoms. The molecule has 38 heavy (non-hydrogen) atoms. The van der Waals surface area contributed by atoms with Crippen molar-refractivity contribution < 1.29 is 23.8 Å². The quantitative estimate of drug-likeness (QED) is 0.454. The molecule has 1 aliphatic rings. The van der Waals surface area contributed by atoms with Crippen molar-refractivity contribution >= 4 is 17.6 Å². The number of amides is 2. The van der Waals surface area contributed by atoms with Crippen molar-refractivity contribution in [2.75, 3.05) is 52.3 Å². The first-order valence-corrected chi connectivity index (χ1v) is 12.3. The number of pyridine rings is 3. The van der Waals surface area contributed by atoms with Crippen LogP contribution in [0.5, 0.6) is 17.6 Å². The molecule has 4 heterocycles. The summed E-state index contributed by atoms with van der Waals surface area (Å²) in [4.78, 5) is 42.7. The normalized spacial score (nSPS) is 14.6. The average molecular weight is 521 g/mol. The Morgan fingerprint density at radius 1 is 0.974 bits per heavy atom. The summed E-state index contributed by atoms with van der Waals surface area (Å²) in [6.07, 6.45) is 2.84. The second kappa shape index (κ2) is 12.4. The molecule has 0 aliphatic carbocycles. The SMILES string of the molecule is COC[C@@H](C)Oc1cc(C(=O)Nc2ccc(C)cn2)cc(Oc2ccc(C(=O)N3CCN(C)CC3)cn2)n1. The molecule has 1 N–H and O–H groups in total. The van der Waals surface area contributed by atoms with Crippen LogP contribution in [0.2, 0.25) is 0 Å². The number of piperazine rings is 1. The van der Waals surface area contributed by atoms with Gasteiger partial charge in [0.1, 0.15) is 11.9 Å². The van der Waals surface area contributed by atoms with Crippen molar-refractivity contribution in [3.05, 3.63) is 65.5 Å². The summed E-state index contributed by atoms with van der Waals surface area (Å²) in [6.45, 7) is 7.10. The number of likely N-dealkylation sites (N-methyl/N-ethyl adjacent to an activating group) is 1. The lowest BCUT2D eigenvalue weighted by Gasteiger charge is -2.32. The maximum absolute atomic E-state index is 13.0. The number of anilines is 1. The molecular weight excluding hydrogens is 488 g/mol. The monoisotopic (exact) mass is 520 g/mol. The molecule has 200 valence electrons. The van der Waals surface area contributed by atoms with Crippen molar-refractivity contribution in [3.8, 4) is 17.6 Å². The van der Waals surface area contributed by atoms with Crippen LogP contribution < -0.4 is 14.8 Å². The van der Waals surface area contributed by atoms with E-state index in [1.54, 1.807) is 31.5 Å². The standard InChI is InChI=1S/C27H32N6O5/c1-18-5-7-22(28-15-18)30-26(34)21-13-24(37-19(2)17-36-4)31-25(14-21)38-23-8-6-20(16-29-23)27(35)33-11-9-32(3)10-12-33/h5-8,13-16,19H,9-12,17H2,1-4H3,(H,28,30,34)/t19-/m1/s1. The highest BCUT2D eigenvalue weighted by atomic mass is 16.5. The van der Waals surface area contributed by atoms with Gasteiger partial charge in [-0.1, -0.05) is 6.07 Å². The van der Waals surface area contributed by atoms with Crippen molar-refractivity contribution in [2.45, 2.75) is 20.0 Å². The molecule has 1 saturated heterocycles. The molecule has 11 heteroatoms. The largest absolute Gasteiger partial charge is 0.472 e. The van der Waals surface area contributed by atoms with E-state index >= 15 is 0 Å². The minimum absolute atomic E-state index is 0.0681. The number of nitrogens with zero attached hydrogens (tertiary/aromatic N) is 5. The predicted octanol–water partition coefficient (Wildman–Crippen LogP) is 3.03. The number of ether oxygens (including phenoxy) is 3. The van der Waals surface area contributed by atoms with Gasteiger partial charge in [0, 0.05) is 63.9 Å². The zero-order valence-corrected chi connectivity index (χ0v) is 22.0. The lowest BCUT2D eigenvalue weighted by molar-refractivity contribution is 0.0663. The minimum Gasteiger partial charge on any atom is -0.472 e. The van der Waals surface area contributed by atoms with Crippen LogP contribution >= 0.6 is 0 Å². The first-order chi connectivity index (χ1) is 18.3. The molecule has 3 aromatic heterocycles. The van der Waals surface area contributed by atoms with E-state index in [0.717, 1.165) is 18.7 Å².